The van der Waals surface area contributed by atoms with E-state index in [0.29, 0.717) is 24.0 Å². The molecule has 7 nitrogen and oxygen atoms in total. The number of rotatable bonds is 6. The van der Waals surface area contributed by atoms with Gasteiger partial charge < -0.3 is 19.5 Å². The van der Waals surface area contributed by atoms with Crippen LogP contribution in [0.2, 0.25) is 0 Å². The smallest absolute Gasteiger partial charge is 0.410 e. The number of carboxylic acid groups (broad SMARTS) is 1. The van der Waals surface area contributed by atoms with E-state index in [-0.39, 0.29) is 30.6 Å². The molecule has 186 valence electrons. The van der Waals surface area contributed by atoms with Gasteiger partial charge >= 0.3 is 12.1 Å². The number of nitrogens with zero attached hydrogens (tertiary/aromatic N) is 2. The third-order valence-electron chi connectivity index (χ3n) is 7.78. The Balaban J connectivity index is 1.19. The van der Waals surface area contributed by atoms with Gasteiger partial charge in [-0.1, -0.05) is 48.5 Å². The minimum absolute atomic E-state index is 0.00832. The van der Waals surface area contributed by atoms with Crippen molar-refractivity contribution in [3.63, 3.8) is 0 Å². The molecule has 1 aliphatic heterocycles. The van der Waals surface area contributed by atoms with Crippen molar-refractivity contribution in [2.24, 2.45) is 5.92 Å². The second-order valence-electron chi connectivity index (χ2n) is 9.63. The van der Waals surface area contributed by atoms with E-state index in [9.17, 15) is 14.7 Å². The number of hydrogen-bond donors (Lipinski definition) is 1. The fourth-order valence-electron chi connectivity index (χ4n) is 6.19. The van der Waals surface area contributed by atoms with E-state index in [1.54, 1.807) is 0 Å². The molecule has 36 heavy (non-hydrogen) atoms. The van der Waals surface area contributed by atoms with Crippen molar-refractivity contribution < 1.29 is 24.2 Å². The first-order valence-corrected chi connectivity index (χ1v) is 13.7. The number of aliphatic carboxylic acids is 1. The van der Waals surface area contributed by atoms with Gasteiger partial charge in [0.05, 0.1) is 0 Å². The van der Waals surface area contributed by atoms with Gasteiger partial charge in [0.1, 0.15) is 28.4 Å². The number of carbonyl (C=O) groups is 2. The predicted molar refractivity (Wildman–Crippen MR) is 138 cm³/mol. The zero-order valence-electron chi connectivity index (χ0n) is 19.4. The topological polar surface area (TPSA) is 89.0 Å². The lowest BCUT2D eigenvalue weighted by Gasteiger charge is -2.39. The Hall–Kier alpha value is -2.75. The third kappa shape index (κ3) is 3.93. The van der Waals surface area contributed by atoms with Crippen LogP contribution in [-0.2, 0) is 19.9 Å². The van der Waals surface area contributed by atoms with Crippen LogP contribution in [0.3, 0.4) is 0 Å². The molecule has 3 aromatic rings. The Morgan fingerprint density at radius 2 is 1.83 bits per heavy atom. The summed E-state index contributed by atoms with van der Waals surface area (Å²) in [5.74, 6) is -1.05. The van der Waals surface area contributed by atoms with Gasteiger partial charge in [0.2, 0.25) is 0 Å². The first-order valence-electron chi connectivity index (χ1n) is 12.0. The van der Waals surface area contributed by atoms with E-state index >= 15 is 0 Å². The summed E-state index contributed by atoms with van der Waals surface area (Å²) in [4.78, 5) is 31.1. The van der Waals surface area contributed by atoms with Crippen LogP contribution in [0, 0.1) is 5.92 Å². The number of likely N-dealkylation sites (tertiary alicyclic amines) is 1. The van der Waals surface area contributed by atoms with E-state index in [1.807, 2.05) is 34.5 Å². The average Bonchev–Trinajstić information content (AvgIpc) is 3.57. The number of carbonyl (C=O) groups excluding carboxylic acids is 1. The largest absolute Gasteiger partial charge is 0.480 e. The Bertz CT molecular complexity index is 1280. The number of hydrogen-bond acceptors (Lipinski definition) is 6. The van der Waals surface area contributed by atoms with E-state index in [1.165, 1.54) is 33.6 Å². The molecule has 3 atom stereocenters. The van der Waals surface area contributed by atoms with Crippen molar-refractivity contribution >= 4 is 39.3 Å². The van der Waals surface area contributed by atoms with Crippen LogP contribution in [0.25, 0.3) is 11.1 Å². The maximum Gasteiger partial charge on any atom is 0.410 e. The minimum Gasteiger partial charge on any atom is -0.480 e. The number of thiazole rings is 1. The lowest BCUT2D eigenvalue weighted by atomic mass is 9.76. The fraction of sp³-hybridized carbons (Fsp3) is 0.370. The Morgan fingerprint density at radius 3 is 2.47 bits per heavy atom. The van der Waals surface area contributed by atoms with Crippen LogP contribution in [0.1, 0.15) is 41.3 Å². The normalized spacial score (nSPS) is 24.4. The number of ether oxygens (including phenoxy) is 2. The van der Waals surface area contributed by atoms with Gasteiger partial charge in [-0.05, 0) is 57.4 Å². The van der Waals surface area contributed by atoms with Gasteiger partial charge in [0.15, 0.2) is 0 Å². The van der Waals surface area contributed by atoms with E-state index in [4.69, 9.17) is 9.47 Å². The summed E-state index contributed by atoms with van der Waals surface area (Å²) in [7, 11) is 0. The van der Waals surface area contributed by atoms with Crippen molar-refractivity contribution in [1.82, 2.24) is 9.88 Å². The Kier molecular flexibility index (Phi) is 6.09. The molecule has 3 unspecified atom stereocenters. The lowest BCUT2D eigenvalue weighted by Crippen LogP contribution is -2.42. The molecule has 2 bridgehead atoms. The van der Waals surface area contributed by atoms with Gasteiger partial charge in [-0.2, -0.15) is 0 Å². The summed E-state index contributed by atoms with van der Waals surface area (Å²) in [6.45, 7) is 0.336. The van der Waals surface area contributed by atoms with Crippen LogP contribution in [0.15, 0.2) is 58.5 Å². The number of fused-ring (bicyclic) bond motifs is 5. The summed E-state index contributed by atoms with van der Waals surface area (Å²) >= 11 is 4.87. The number of halogens is 1. The first kappa shape index (κ1) is 23.6. The Morgan fingerprint density at radius 1 is 1.14 bits per heavy atom. The van der Waals surface area contributed by atoms with Crippen molar-refractivity contribution in [1.29, 1.82) is 0 Å². The zero-order chi connectivity index (χ0) is 24.9. The number of carboxylic acids is 1. The lowest BCUT2D eigenvalue weighted by molar-refractivity contribution is -0.158. The molecular weight excluding hydrogens is 544 g/mol. The van der Waals surface area contributed by atoms with Gasteiger partial charge in [-0.3, -0.25) is 0 Å². The molecule has 1 saturated carbocycles. The monoisotopic (exact) mass is 568 g/mol. The maximum absolute atomic E-state index is 13.3. The van der Waals surface area contributed by atoms with E-state index in [0.717, 1.165) is 11.4 Å². The molecule has 1 amide bonds. The molecule has 1 N–H and O–H groups in total. The molecule has 9 heteroatoms. The van der Waals surface area contributed by atoms with Crippen molar-refractivity contribution in [2.45, 2.75) is 36.8 Å². The SMILES string of the molecule is O=C(O)COC1(c2nc(Br)cs2)CCC2CC1CN2C(=O)OCC1c2ccccc2-c2ccccc21. The second kappa shape index (κ2) is 9.28. The highest BCUT2D eigenvalue weighted by Gasteiger charge is 2.55. The second-order valence-corrected chi connectivity index (χ2v) is 11.3. The van der Waals surface area contributed by atoms with E-state index < -0.39 is 18.2 Å². The summed E-state index contributed by atoms with van der Waals surface area (Å²) in [5, 5.41) is 11.9. The zero-order valence-corrected chi connectivity index (χ0v) is 21.8. The van der Waals surface area contributed by atoms with Gasteiger partial charge in [0.25, 0.3) is 0 Å². The van der Waals surface area contributed by atoms with Crippen molar-refractivity contribution in [3.8, 4) is 11.1 Å². The summed E-state index contributed by atoms with van der Waals surface area (Å²) < 4.78 is 12.7. The predicted octanol–water partition coefficient (Wildman–Crippen LogP) is 5.64. The van der Waals surface area contributed by atoms with Gasteiger partial charge in [-0.15, -0.1) is 11.3 Å². The molecule has 2 heterocycles. The summed E-state index contributed by atoms with van der Waals surface area (Å²) in [5.41, 5.74) is 3.94. The summed E-state index contributed by atoms with van der Waals surface area (Å²) in [6, 6.07) is 16.6. The average molecular weight is 569 g/mol. The maximum atomic E-state index is 13.3. The van der Waals surface area contributed by atoms with Crippen LogP contribution in [0.4, 0.5) is 4.79 Å². The summed E-state index contributed by atoms with van der Waals surface area (Å²) in [6.07, 6.45) is 1.74. The fourth-order valence-corrected chi connectivity index (χ4v) is 7.70. The van der Waals surface area contributed by atoms with Crippen molar-refractivity contribution in [3.05, 3.63) is 74.6 Å². The molecule has 1 aromatic heterocycles. The van der Waals surface area contributed by atoms with Crippen LogP contribution in [-0.4, -0.2) is 52.9 Å². The van der Waals surface area contributed by atoms with Crippen LogP contribution >= 0.6 is 27.3 Å². The highest BCUT2D eigenvalue weighted by atomic mass is 79.9. The molecule has 6 rings (SSSR count). The molecule has 0 radical (unpaired) electrons. The molecular formula is C27H25BrN2O5S. The third-order valence-corrected chi connectivity index (χ3v) is 9.50. The molecule has 2 aliphatic carbocycles. The highest BCUT2D eigenvalue weighted by Crippen LogP contribution is 2.51. The quantitative estimate of drug-likeness (QED) is 0.414. The van der Waals surface area contributed by atoms with E-state index in [2.05, 4.69) is 45.2 Å². The van der Waals surface area contributed by atoms with Crippen LogP contribution in [0.5, 0.6) is 0 Å². The molecule has 0 spiro atoms. The van der Waals surface area contributed by atoms with Crippen molar-refractivity contribution in [2.75, 3.05) is 19.8 Å². The van der Waals surface area contributed by atoms with Crippen LogP contribution < -0.4 is 0 Å². The van der Waals surface area contributed by atoms with Gasteiger partial charge in [0, 0.05) is 29.8 Å². The molecule has 2 aromatic carbocycles. The number of amides is 1. The standard InChI is InChI=1S/C27H25BrN2O5S/c28-23-15-36-25(29-23)27(35-14-24(31)32)10-9-17-11-16(27)12-30(17)26(33)34-13-22-20-7-3-1-5-18(20)19-6-2-4-8-21(19)22/h1-8,15-17,22H,9-14H2,(H,31,32). The first-order chi connectivity index (χ1) is 17.5. The molecule has 1 saturated heterocycles. The highest BCUT2D eigenvalue weighted by molar-refractivity contribution is 9.10. The number of benzene rings is 2. The minimum atomic E-state index is -1.02. The van der Waals surface area contributed by atoms with Gasteiger partial charge in [-0.25, -0.2) is 14.6 Å². The molecule has 3 aliphatic rings. The Labute approximate surface area is 221 Å². The number of aromatic nitrogens is 1. The molecule has 2 fully saturated rings.